The first-order valence-corrected chi connectivity index (χ1v) is 5.37. The van der Waals surface area contributed by atoms with E-state index in [1.165, 1.54) is 5.56 Å². The van der Waals surface area contributed by atoms with Crippen LogP contribution >= 0.6 is 15.9 Å². The fourth-order valence-electron chi connectivity index (χ4n) is 1.53. The van der Waals surface area contributed by atoms with Crippen LogP contribution in [-0.2, 0) is 5.41 Å². The maximum atomic E-state index is 5.47. The highest BCUT2D eigenvalue weighted by Crippen LogP contribution is 2.43. The van der Waals surface area contributed by atoms with Gasteiger partial charge in [-0.05, 0) is 17.5 Å². The summed E-state index contributed by atoms with van der Waals surface area (Å²) >= 11 is 3.47. The van der Waals surface area contributed by atoms with Gasteiger partial charge in [-0.15, -0.1) is 0 Å². The average molecular weight is 257 g/mol. The lowest BCUT2D eigenvalue weighted by atomic mass is 9.86. The molecule has 0 bridgehead atoms. The molecule has 0 saturated heterocycles. The summed E-state index contributed by atoms with van der Waals surface area (Å²) in [6.45, 7) is 6.82. The molecule has 3 heteroatoms. The Bertz CT molecular complexity index is 366. The Labute approximate surface area is 92.3 Å². The molecule has 0 spiro atoms. The summed E-state index contributed by atoms with van der Waals surface area (Å²) < 4.78 is 11.9. The van der Waals surface area contributed by atoms with Crippen molar-refractivity contribution in [2.45, 2.75) is 26.2 Å². The monoisotopic (exact) mass is 256 g/mol. The van der Waals surface area contributed by atoms with Crippen LogP contribution in [0.2, 0.25) is 0 Å². The van der Waals surface area contributed by atoms with Crippen molar-refractivity contribution in [3.63, 3.8) is 0 Å². The average Bonchev–Trinajstić information content (AvgIpc) is 2.47. The quantitative estimate of drug-likeness (QED) is 0.708. The van der Waals surface area contributed by atoms with Crippen LogP contribution in [0.1, 0.15) is 26.3 Å². The maximum absolute atomic E-state index is 5.47. The van der Waals surface area contributed by atoms with E-state index in [1.807, 2.05) is 6.07 Å². The first-order valence-electron chi connectivity index (χ1n) is 4.58. The maximum Gasteiger partial charge on any atom is 0.231 e. The van der Waals surface area contributed by atoms with Crippen molar-refractivity contribution in [2.75, 3.05) is 6.79 Å². The fraction of sp³-hybridized carbons (Fsp3) is 0.455. The van der Waals surface area contributed by atoms with Crippen molar-refractivity contribution in [1.82, 2.24) is 0 Å². The third-order valence-electron chi connectivity index (χ3n) is 2.25. The van der Waals surface area contributed by atoms with Gasteiger partial charge in [0.25, 0.3) is 0 Å². The minimum absolute atomic E-state index is 0.0710. The number of hydrogen-bond acceptors (Lipinski definition) is 2. The van der Waals surface area contributed by atoms with Crippen LogP contribution in [0.5, 0.6) is 11.5 Å². The second kappa shape index (κ2) is 3.16. The second-order valence-corrected chi connectivity index (χ2v) is 5.35. The normalized spacial score (nSPS) is 14.6. The Hall–Kier alpha value is -0.700. The van der Waals surface area contributed by atoms with E-state index >= 15 is 0 Å². The van der Waals surface area contributed by atoms with E-state index in [9.17, 15) is 0 Å². The standard InChI is InChI=1S/C11H13BrO2/c1-11(2,3)8-4-7(12)5-9-10(8)14-6-13-9/h4-5H,6H2,1-3H3. The van der Waals surface area contributed by atoms with Crippen molar-refractivity contribution in [3.05, 3.63) is 22.2 Å². The molecular formula is C11H13BrO2. The van der Waals surface area contributed by atoms with Gasteiger partial charge in [0.1, 0.15) is 0 Å². The molecule has 14 heavy (non-hydrogen) atoms. The summed E-state index contributed by atoms with van der Waals surface area (Å²) in [4.78, 5) is 0. The molecule has 2 rings (SSSR count). The first-order chi connectivity index (χ1) is 6.48. The molecule has 1 aromatic carbocycles. The minimum Gasteiger partial charge on any atom is -0.454 e. The van der Waals surface area contributed by atoms with Gasteiger partial charge in [0, 0.05) is 10.0 Å². The van der Waals surface area contributed by atoms with Crippen molar-refractivity contribution in [3.8, 4) is 11.5 Å². The Morgan fingerprint density at radius 3 is 2.57 bits per heavy atom. The van der Waals surface area contributed by atoms with Gasteiger partial charge < -0.3 is 9.47 Å². The molecule has 1 aliphatic heterocycles. The topological polar surface area (TPSA) is 18.5 Å². The molecule has 0 N–H and O–H groups in total. The Balaban J connectivity index is 2.60. The summed E-state index contributed by atoms with van der Waals surface area (Å²) in [5, 5.41) is 0. The van der Waals surface area contributed by atoms with Crippen LogP contribution in [0.15, 0.2) is 16.6 Å². The number of hydrogen-bond donors (Lipinski definition) is 0. The minimum atomic E-state index is 0.0710. The summed E-state index contributed by atoms with van der Waals surface area (Å²) in [7, 11) is 0. The molecule has 1 heterocycles. The molecule has 0 aromatic heterocycles. The van der Waals surface area contributed by atoms with Crippen LogP contribution in [0.4, 0.5) is 0 Å². The van der Waals surface area contributed by atoms with E-state index in [1.54, 1.807) is 0 Å². The number of benzene rings is 1. The lowest BCUT2D eigenvalue weighted by Crippen LogP contribution is -2.12. The summed E-state index contributed by atoms with van der Waals surface area (Å²) in [5.41, 5.74) is 1.25. The van der Waals surface area contributed by atoms with Gasteiger partial charge in [0.2, 0.25) is 6.79 Å². The zero-order valence-corrected chi connectivity index (χ0v) is 10.1. The SMILES string of the molecule is CC(C)(C)c1cc(Br)cc2c1OCO2. The molecular weight excluding hydrogens is 244 g/mol. The molecule has 0 atom stereocenters. The predicted molar refractivity (Wildman–Crippen MR) is 59.0 cm³/mol. The Morgan fingerprint density at radius 1 is 1.21 bits per heavy atom. The second-order valence-electron chi connectivity index (χ2n) is 4.44. The largest absolute Gasteiger partial charge is 0.454 e. The molecule has 0 aliphatic carbocycles. The van der Waals surface area contributed by atoms with Crippen molar-refractivity contribution >= 4 is 15.9 Å². The molecule has 0 radical (unpaired) electrons. The fourth-order valence-corrected chi connectivity index (χ4v) is 1.97. The summed E-state index contributed by atoms with van der Waals surface area (Å²) in [6, 6.07) is 4.03. The Morgan fingerprint density at radius 2 is 1.93 bits per heavy atom. The van der Waals surface area contributed by atoms with E-state index in [4.69, 9.17) is 9.47 Å². The zero-order valence-electron chi connectivity index (χ0n) is 8.56. The summed E-state index contributed by atoms with van der Waals surface area (Å²) in [6.07, 6.45) is 0. The van der Waals surface area contributed by atoms with E-state index in [2.05, 4.69) is 42.8 Å². The van der Waals surface area contributed by atoms with Gasteiger partial charge in [-0.25, -0.2) is 0 Å². The highest BCUT2D eigenvalue weighted by Gasteiger charge is 2.26. The molecule has 0 fully saturated rings. The number of rotatable bonds is 0. The highest BCUT2D eigenvalue weighted by atomic mass is 79.9. The molecule has 2 nitrogen and oxygen atoms in total. The van der Waals surface area contributed by atoms with Crippen LogP contribution in [0.25, 0.3) is 0 Å². The van der Waals surface area contributed by atoms with Crippen LogP contribution in [-0.4, -0.2) is 6.79 Å². The molecule has 1 aliphatic rings. The first kappa shape index (κ1) is 9.84. The van der Waals surface area contributed by atoms with Gasteiger partial charge in [-0.3, -0.25) is 0 Å². The summed E-state index contributed by atoms with van der Waals surface area (Å²) in [5.74, 6) is 1.73. The predicted octanol–water partition coefficient (Wildman–Crippen LogP) is 3.48. The number of fused-ring (bicyclic) bond motifs is 1. The van der Waals surface area contributed by atoms with E-state index in [0.29, 0.717) is 6.79 Å². The third kappa shape index (κ3) is 1.61. The molecule has 0 unspecified atom stereocenters. The van der Waals surface area contributed by atoms with Crippen molar-refractivity contribution in [1.29, 1.82) is 0 Å². The van der Waals surface area contributed by atoms with Gasteiger partial charge in [0.15, 0.2) is 11.5 Å². The molecule has 0 saturated carbocycles. The van der Waals surface area contributed by atoms with Crippen LogP contribution in [0.3, 0.4) is 0 Å². The van der Waals surface area contributed by atoms with Crippen molar-refractivity contribution < 1.29 is 9.47 Å². The lowest BCUT2D eigenvalue weighted by Gasteiger charge is -2.21. The third-order valence-corrected chi connectivity index (χ3v) is 2.70. The smallest absolute Gasteiger partial charge is 0.231 e. The molecule has 1 aromatic rings. The van der Waals surface area contributed by atoms with Crippen LogP contribution < -0.4 is 9.47 Å². The van der Waals surface area contributed by atoms with Crippen LogP contribution in [0, 0.1) is 0 Å². The lowest BCUT2D eigenvalue weighted by molar-refractivity contribution is 0.172. The highest BCUT2D eigenvalue weighted by molar-refractivity contribution is 9.10. The number of halogens is 1. The molecule has 76 valence electrons. The van der Waals surface area contributed by atoms with E-state index in [-0.39, 0.29) is 5.41 Å². The Kier molecular flexibility index (Phi) is 2.22. The van der Waals surface area contributed by atoms with Crippen molar-refractivity contribution in [2.24, 2.45) is 0 Å². The van der Waals surface area contributed by atoms with Gasteiger partial charge in [-0.2, -0.15) is 0 Å². The zero-order chi connectivity index (χ0) is 10.3. The van der Waals surface area contributed by atoms with Gasteiger partial charge in [-0.1, -0.05) is 36.7 Å². The van der Waals surface area contributed by atoms with Gasteiger partial charge in [0.05, 0.1) is 0 Å². The molecule has 0 amide bonds. The van der Waals surface area contributed by atoms with E-state index in [0.717, 1.165) is 16.0 Å². The number of ether oxygens (including phenoxy) is 2. The van der Waals surface area contributed by atoms with E-state index < -0.39 is 0 Å². The van der Waals surface area contributed by atoms with Gasteiger partial charge >= 0.3 is 0 Å².